The van der Waals surface area contributed by atoms with E-state index in [1.807, 2.05) is 12.1 Å². The quantitative estimate of drug-likeness (QED) is 0.665. The summed E-state index contributed by atoms with van der Waals surface area (Å²) in [5, 5.41) is 1.52. The third kappa shape index (κ3) is 2.18. The number of rotatable bonds is 2. The summed E-state index contributed by atoms with van der Waals surface area (Å²) in [6.07, 6.45) is 5.92. The lowest BCUT2D eigenvalue weighted by Crippen LogP contribution is -2.09. The monoisotopic (exact) mass is 315 g/mol. The molecule has 0 aliphatic heterocycles. The molecule has 0 unspecified atom stereocenters. The van der Waals surface area contributed by atoms with Gasteiger partial charge in [0.05, 0.1) is 5.39 Å². The Morgan fingerprint density at radius 3 is 2.68 bits per heavy atom. The Morgan fingerprint density at radius 1 is 1.09 bits per heavy atom. The van der Waals surface area contributed by atoms with Crippen LogP contribution in [0.5, 0.6) is 0 Å². The van der Waals surface area contributed by atoms with Gasteiger partial charge in [-0.15, -0.1) is 0 Å². The Labute approximate surface area is 132 Å². The van der Waals surface area contributed by atoms with Crippen molar-refractivity contribution in [3.05, 3.63) is 58.4 Å². The van der Waals surface area contributed by atoms with E-state index in [-0.39, 0.29) is 5.82 Å². The lowest BCUT2D eigenvalue weighted by Gasteiger charge is -2.15. The molecule has 0 saturated heterocycles. The van der Waals surface area contributed by atoms with E-state index in [9.17, 15) is 4.39 Å². The van der Waals surface area contributed by atoms with Crippen LogP contribution >= 0.6 is 11.6 Å². The van der Waals surface area contributed by atoms with Crippen molar-refractivity contribution in [2.45, 2.75) is 32.2 Å². The molecule has 0 saturated carbocycles. The first-order valence-electron chi connectivity index (χ1n) is 7.49. The fourth-order valence-electron chi connectivity index (χ4n) is 3.35. The Hall–Kier alpha value is -1.94. The second-order valence-electron chi connectivity index (χ2n) is 5.71. The van der Waals surface area contributed by atoms with E-state index in [0.29, 0.717) is 11.7 Å². The van der Waals surface area contributed by atoms with Crippen LogP contribution in [0.2, 0.25) is 5.15 Å². The molecule has 0 radical (unpaired) electrons. The third-order valence-corrected chi connectivity index (χ3v) is 4.64. The van der Waals surface area contributed by atoms with Crippen LogP contribution in [-0.2, 0) is 19.4 Å². The predicted octanol–water partition coefficient (Wildman–Crippen LogP) is 4.15. The first kappa shape index (κ1) is 13.7. The number of aromatic nitrogens is 3. The molecule has 0 amide bonds. The van der Waals surface area contributed by atoms with Crippen LogP contribution in [0.1, 0.15) is 29.7 Å². The molecule has 0 fully saturated rings. The molecule has 0 N–H and O–H groups in total. The minimum absolute atomic E-state index is 0.214. The van der Waals surface area contributed by atoms with Gasteiger partial charge in [-0.05, 0) is 48.9 Å². The van der Waals surface area contributed by atoms with Crippen molar-refractivity contribution in [3.63, 3.8) is 0 Å². The normalized spacial score (nSPS) is 14.3. The maximum Gasteiger partial charge on any atom is 0.145 e. The van der Waals surface area contributed by atoms with Crippen LogP contribution in [0.3, 0.4) is 0 Å². The summed E-state index contributed by atoms with van der Waals surface area (Å²) in [5.74, 6) is -0.214. The van der Waals surface area contributed by atoms with Crippen molar-refractivity contribution < 1.29 is 4.39 Å². The van der Waals surface area contributed by atoms with Gasteiger partial charge in [-0.2, -0.15) is 0 Å². The van der Waals surface area contributed by atoms with Crippen molar-refractivity contribution in [1.82, 2.24) is 14.5 Å². The zero-order chi connectivity index (χ0) is 15.1. The SMILES string of the molecule is Fc1ccc(Cn2c3c(c4c(Cl)ncnc42)CCCC3)cc1. The largest absolute Gasteiger partial charge is 0.325 e. The lowest BCUT2D eigenvalue weighted by atomic mass is 9.96. The second-order valence-corrected chi connectivity index (χ2v) is 6.07. The van der Waals surface area contributed by atoms with Gasteiger partial charge in [-0.1, -0.05) is 23.7 Å². The van der Waals surface area contributed by atoms with E-state index >= 15 is 0 Å². The first-order valence-corrected chi connectivity index (χ1v) is 7.87. The maximum atomic E-state index is 13.1. The topological polar surface area (TPSA) is 30.7 Å². The zero-order valence-corrected chi connectivity index (χ0v) is 12.8. The number of aryl methyl sites for hydroxylation is 1. The Morgan fingerprint density at radius 2 is 1.86 bits per heavy atom. The van der Waals surface area contributed by atoms with Crippen molar-refractivity contribution in [3.8, 4) is 0 Å². The molecule has 3 aromatic rings. The summed E-state index contributed by atoms with van der Waals surface area (Å²) >= 11 is 6.32. The fraction of sp³-hybridized carbons (Fsp3) is 0.294. The molecule has 1 aliphatic carbocycles. The average Bonchev–Trinajstić information content (AvgIpc) is 2.85. The molecule has 4 rings (SSSR count). The summed E-state index contributed by atoms with van der Waals surface area (Å²) in [7, 11) is 0. The molecule has 2 aromatic heterocycles. The molecule has 22 heavy (non-hydrogen) atoms. The highest BCUT2D eigenvalue weighted by Crippen LogP contribution is 2.34. The summed E-state index contributed by atoms with van der Waals surface area (Å²) in [4.78, 5) is 8.59. The second kappa shape index (κ2) is 5.36. The van der Waals surface area contributed by atoms with E-state index in [4.69, 9.17) is 11.6 Å². The molecule has 5 heteroatoms. The van der Waals surface area contributed by atoms with Crippen LogP contribution in [0.25, 0.3) is 11.0 Å². The molecular formula is C17H15ClFN3. The van der Waals surface area contributed by atoms with Gasteiger partial charge in [0, 0.05) is 12.2 Å². The first-order chi connectivity index (χ1) is 10.7. The number of benzene rings is 1. The van der Waals surface area contributed by atoms with Crippen LogP contribution < -0.4 is 0 Å². The van der Waals surface area contributed by atoms with Crippen LogP contribution in [-0.4, -0.2) is 14.5 Å². The maximum absolute atomic E-state index is 13.1. The Bertz CT molecular complexity index is 839. The molecule has 0 bridgehead atoms. The van der Waals surface area contributed by atoms with Crippen molar-refractivity contribution in [1.29, 1.82) is 0 Å². The summed E-state index contributed by atoms with van der Waals surface area (Å²) in [6, 6.07) is 6.63. The number of hydrogen-bond donors (Lipinski definition) is 0. The third-order valence-electron chi connectivity index (χ3n) is 4.36. The molecule has 112 valence electrons. The molecular weight excluding hydrogens is 301 g/mol. The van der Waals surface area contributed by atoms with Gasteiger partial charge >= 0.3 is 0 Å². The summed E-state index contributed by atoms with van der Waals surface area (Å²) in [5.41, 5.74) is 4.53. The van der Waals surface area contributed by atoms with Gasteiger partial charge in [0.1, 0.15) is 22.9 Å². The number of fused-ring (bicyclic) bond motifs is 3. The predicted molar refractivity (Wildman–Crippen MR) is 84.7 cm³/mol. The minimum Gasteiger partial charge on any atom is -0.325 e. The van der Waals surface area contributed by atoms with Gasteiger partial charge in [-0.25, -0.2) is 14.4 Å². The van der Waals surface area contributed by atoms with E-state index in [2.05, 4.69) is 14.5 Å². The van der Waals surface area contributed by atoms with E-state index in [0.717, 1.165) is 29.4 Å². The molecule has 1 aliphatic rings. The van der Waals surface area contributed by atoms with Crippen LogP contribution in [0.4, 0.5) is 4.39 Å². The number of hydrogen-bond acceptors (Lipinski definition) is 2. The van der Waals surface area contributed by atoms with Gasteiger partial charge in [0.2, 0.25) is 0 Å². The average molecular weight is 316 g/mol. The Kier molecular flexibility index (Phi) is 3.34. The molecule has 0 atom stereocenters. The summed E-state index contributed by atoms with van der Waals surface area (Å²) < 4.78 is 15.3. The Balaban J connectivity index is 1.89. The van der Waals surface area contributed by atoms with Gasteiger partial charge in [-0.3, -0.25) is 0 Å². The number of nitrogens with zero attached hydrogens (tertiary/aromatic N) is 3. The van der Waals surface area contributed by atoms with Gasteiger partial charge in [0.15, 0.2) is 0 Å². The van der Waals surface area contributed by atoms with Crippen molar-refractivity contribution in [2.75, 3.05) is 0 Å². The van der Waals surface area contributed by atoms with Gasteiger partial charge < -0.3 is 4.57 Å². The van der Waals surface area contributed by atoms with Crippen molar-refractivity contribution in [2.24, 2.45) is 0 Å². The highest BCUT2D eigenvalue weighted by Gasteiger charge is 2.23. The minimum atomic E-state index is -0.214. The molecule has 0 spiro atoms. The standard InChI is InChI=1S/C17H15ClFN3/c18-16-15-13-3-1-2-4-14(13)22(17(15)21-10-20-16)9-11-5-7-12(19)8-6-11/h5-8,10H,1-4,9H2. The van der Waals surface area contributed by atoms with Crippen LogP contribution in [0, 0.1) is 5.82 Å². The molecule has 2 heterocycles. The molecule has 1 aromatic carbocycles. The lowest BCUT2D eigenvalue weighted by molar-refractivity contribution is 0.623. The van der Waals surface area contributed by atoms with E-state index in [1.165, 1.54) is 42.6 Å². The number of halogens is 2. The smallest absolute Gasteiger partial charge is 0.145 e. The zero-order valence-electron chi connectivity index (χ0n) is 12.0. The van der Waals surface area contributed by atoms with E-state index < -0.39 is 0 Å². The fourth-order valence-corrected chi connectivity index (χ4v) is 3.59. The van der Waals surface area contributed by atoms with Crippen LogP contribution in [0.15, 0.2) is 30.6 Å². The summed E-state index contributed by atoms with van der Waals surface area (Å²) in [6.45, 7) is 0.680. The highest BCUT2D eigenvalue weighted by atomic mass is 35.5. The highest BCUT2D eigenvalue weighted by molar-refractivity contribution is 6.34. The molecule has 3 nitrogen and oxygen atoms in total. The van der Waals surface area contributed by atoms with Crippen molar-refractivity contribution >= 4 is 22.6 Å². The van der Waals surface area contributed by atoms with Gasteiger partial charge in [0.25, 0.3) is 0 Å². The van der Waals surface area contributed by atoms with E-state index in [1.54, 1.807) is 0 Å².